The van der Waals surface area contributed by atoms with Gasteiger partial charge in [0.15, 0.2) is 0 Å². The molecule has 1 aromatic heterocycles. The van der Waals surface area contributed by atoms with E-state index in [0.29, 0.717) is 27.1 Å². The topological polar surface area (TPSA) is 58.9 Å². The average Bonchev–Trinajstić information content (AvgIpc) is 2.49. The van der Waals surface area contributed by atoms with Crippen LogP contribution in [0, 0.1) is 0 Å². The van der Waals surface area contributed by atoms with Crippen molar-refractivity contribution in [2.75, 3.05) is 5.73 Å². The molecule has 0 amide bonds. The summed E-state index contributed by atoms with van der Waals surface area (Å²) in [6.45, 7) is 0. The number of alkyl halides is 2. The van der Waals surface area contributed by atoms with Gasteiger partial charge in [0, 0.05) is 27.1 Å². The number of H-pyrrole nitrogens is 1. The minimum absolute atomic E-state index is 0.0267. The standard InChI is InChI=1S/C16H11ClF2N2O/c17-10-4-5-12-11(7-10)13(14(20)16(22)21-12)8-2-1-3-9(6-8)15(18)19/h1-7,15H,20H2,(H,21,22). The lowest BCUT2D eigenvalue weighted by Crippen LogP contribution is -2.13. The summed E-state index contributed by atoms with van der Waals surface area (Å²) >= 11 is 6.00. The monoisotopic (exact) mass is 320 g/mol. The van der Waals surface area contributed by atoms with E-state index in [0.717, 1.165) is 0 Å². The van der Waals surface area contributed by atoms with Crippen LogP contribution in [0.5, 0.6) is 0 Å². The Morgan fingerprint density at radius 2 is 1.91 bits per heavy atom. The summed E-state index contributed by atoms with van der Waals surface area (Å²) < 4.78 is 25.8. The Morgan fingerprint density at radius 3 is 2.64 bits per heavy atom. The first kappa shape index (κ1) is 14.5. The minimum atomic E-state index is -2.60. The summed E-state index contributed by atoms with van der Waals surface area (Å²) in [7, 11) is 0. The lowest BCUT2D eigenvalue weighted by molar-refractivity contribution is 0.151. The fourth-order valence-corrected chi connectivity index (χ4v) is 2.59. The number of aromatic amines is 1. The fraction of sp³-hybridized carbons (Fsp3) is 0.0625. The molecule has 6 heteroatoms. The molecule has 2 aromatic carbocycles. The average molecular weight is 321 g/mol. The van der Waals surface area contributed by atoms with Crippen molar-refractivity contribution in [1.82, 2.24) is 4.98 Å². The van der Waals surface area contributed by atoms with Crippen LogP contribution in [-0.4, -0.2) is 4.98 Å². The summed E-state index contributed by atoms with van der Waals surface area (Å²) in [6, 6.07) is 10.7. The third-order valence-corrected chi connectivity index (χ3v) is 3.68. The van der Waals surface area contributed by atoms with Crippen LogP contribution >= 0.6 is 11.6 Å². The molecule has 112 valence electrons. The minimum Gasteiger partial charge on any atom is -0.394 e. The van der Waals surface area contributed by atoms with Crippen LogP contribution in [0.3, 0.4) is 0 Å². The quantitative estimate of drug-likeness (QED) is 0.736. The van der Waals surface area contributed by atoms with E-state index in [9.17, 15) is 13.6 Å². The lowest BCUT2D eigenvalue weighted by Gasteiger charge is -2.11. The third kappa shape index (κ3) is 2.44. The van der Waals surface area contributed by atoms with E-state index in [1.807, 2.05) is 0 Å². The Bertz CT molecular complexity index is 922. The Kier molecular flexibility index (Phi) is 3.58. The van der Waals surface area contributed by atoms with Gasteiger partial charge in [-0.15, -0.1) is 0 Å². The first-order valence-corrected chi connectivity index (χ1v) is 6.84. The molecule has 0 saturated carbocycles. The van der Waals surface area contributed by atoms with Gasteiger partial charge in [0.2, 0.25) is 0 Å². The molecule has 0 atom stereocenters. The molecule has 3 rings (SSSR count). The highest BCUT2D eigenvalue weighted by atomic mass is 35.5. The van der Waals surface area contributed by atoms with E-state index >= 15 is 0 Å². The van der Waals surface area contributed by atoms with Gasteiger partial charge in [-0.2, -0.15) is 0 Å². The molecule has 0 aliphatic carbocycles. The van der Waals surface area contributed by atoms with Crippen LogP contribution in [0.15, 0.2) is 47.3 Å². The molecule has 1 heterocycles. The first-order valence-electron chi connectivity index (χ1n) is 6.47. The molecule has 3 aromatic rings. The number of benzene rings is 2. The number of hydrogen-bond donors (Lipinski definition) is 2. The van der Waals surface area contributed by atoms with Gasteiger partial charge in [-0.05, 0) is 29.8 Å². The number of nitrogen functional groups attached to an aromatic ring is 1. The Morgan fingerprint density at radius 1 is 1.14 bits per heavy atom. The van der Waals surface area contributed by atoms with Gasteiger partial charge in [-0.25, -0.2) is 8.78 Å². The van der Waals surface area contributed by atoms with Crippen molar-refractivity contribution in [2.45, 2.75) is 6.43 Å². The fourth-order valence-electron chi connectivity index (χ4n) is 2.42. The number of fused-ring (bicyclic) bond motifs is 1. The molecule has 0 unspecified atom stereocenters. The number of halogens is 3. The Labute approximate surface area is 129 Å². The van der Waals surface area contributed by atoms with Crippen LogP contribution in [0.2, 0.25) is 5.02 Å². The molecule has 0 saturated heterocycles. The molecular weight excluding hydrogens is 310 g/mol. The molecule has 0 spiro atoms. The third-order valence-electron chi connectivity index (χ3n) is 3.44. The molecule has 3 N–H and O–H groups in total. The molecule has 22 heavy (non-hydrogen) atoms. The second-order valence-corrected chi connectivity index (χ2v) is 5.30. The van der Waals surface area contributed by atoms with Crippen molar-refractivity contribution >= 4 is 28.2 Å². The van der Waals surface area contributed by atoms with E-state index in [1.165, 1.54) is 18.2 Å². The van der Waals surface area contributed by atoms with E-state index in [1.54, 1.807) is 24.3 Å². The summed E-state index contributed by atoms with van der Waals surface area (Å²) in [5.74, 6) is 0. The van der Waals surface area contributed by atoms with E-state index in [2.05, 4.69) is 4.98 Å². The van der Waals surface area contributed by atoms with Gasteiger partial charge < -0.3 is 10.7 Å². The van der Waals surface area contributed by atoms with Crippen LogP contribution in [0.1, 0.15) is 12.0 Å². The van der Waals surface area contributed by atoms with E-state index < -0.39 is 12.0 Å². The number of anilines is 1. The Balaban J connectivity index is 2.38. The van der Waals surface area contributed by atoms with Crippen molar-refractivity contribution in [3.63, 3.8) is 0 Å². The van der Waals surface area contributed by atoms with Crippen molar-refractivity contribution in [2.24, 2.45) is 0 Å². The van der Waals surface area contributed by atoms with Gasteiger partial charge >= 0.3 is 0 Å². The second kappa shape index (κ2) is 5.42. The molecule has 0 aliphatic rings. The van der Waals surface area contributed by atoms with E-state index in [4.69, 9.17) is 17.3 Å². The maximum Gasteiger partial charge on any atom is 0.272 e. The van der Waals surface area contributed by atoms with Gasteiger partial charge in [-0.1, -0.05) is 29.8 Å². The van der Waals surface area contributed by atoms with Gasteiger partial charge in [-0.3, -0.25) is 4.79 Å². The maximum atomic E-state index is 12.9. The highest BCUT2D eigenvalue weighted by Crippen LogP contribution is 2.34. The zero-order valence-electron chi connectivity index (χ0n) is 11.2. The second-order valence-electron chi connectivity index (χ2n) is 4.86. The largest absolute Gasteiger partial charge is 0.394 e. The SMILES string of the molecule is Nc1c(-c2cccc(C(F)F)c2)c2cc(Cl)ccc2[nH]c1=O. The molecule has 0 fully saturated rings. The molecule has 3 nitrogen and oxygen atoms in total. The molecule has 0 bridgehead atoms. The van der Waals surface area contributed by atoms with Crippen LogP contribution in [0.25, 0.3) is 22.0 Å². The van der Waals surface area contributed by atoms with Crippen LogP contribution in [-0.2, 0) is 0 Å². The number of aromatic nitrogens is 1. The lowest BCUT2D eigenvalue weighted by atomic mass is 9.98. The van der Waals surface area contributed by atoms with Crippen LogP contribution < -0.4 is 11.3 Å². The van der Waals surface area contributed by atoms with Gasteiger partial charge in [0.25, 0.3) is 12.0 Å². The zero-order valence-corrected chi connectivity index (χ0v) is 12.0. The zero-order chi connectivity index (χ0) is 15.9. The number of hydrogen-bond acceptors (Lipinski definition) is 2. The smallest absolute Gasteiger partial charge is 0.272 e. The van der Waals surface area contributed by atoms with Crippen molar-refractivity contribution in [1.29, 1.82) is 0 Å². The predicted molar refractivity (Wildman–Crippen MR) is 84.4 cm³/mol. The number of nitrogens with one attached hydrogen (secondary N) is 1. The molecular formula is C16H11ClF2N2O. The van der Waals surface area contributed by atoms with Gasteiger partial charge in [0.1, 0.15) is 5.69 Å². The number of nitrogens with two attached hydrogens (primary N) is 1. The van der Waals surface area contributed by atoms with Gasteiger partial charge in [0.05, 0.1) is 0 Å². The summed E-state index contributed by atoms with van der Waals surface area (Å²) in [5, 5.41) is 1.07. The number of pyridine rings is 1. The molecule has 0 aliphatic heterocycles. The normalized spacial score (nSPS) is 11.3. The van der Waals surface area contributed by atoms with E-state index in [-0.39, 0.29) is 11.3 Å². The summed E-state index contributed by atoms with van der Waals surface area (Å²) in [6.07, 6.45) is -2.60. The first-order chi connectivity index (χ1) is 10.5. The highest BCUT2D eigenvalue weighted by Gasteiger charge is 2.15. The predicted octanol–water partition coefficient (Wildman–Crippen LogP) is 4.37. The van der Waals surface area contributed by atoms with Crippen molar-refractivity contribution in [3.05, 3.63) is 63.4 Å². The van der Waals surface area contributed by atoms with Crippen molar-refractivity contribution in [3.8, 4) is 11.1 Å². The Hall–Kier alpha value is -2.40. The highest BCUT2D eigenvalue weighted by molar-refractivity contribution is 6.31. The maximum absolute atomic E-state index is 12.9. The van der Waals surface area contributed by atoms with Crippen molar-refractivity contribution < 1.29 is 8.78 Å². The molecule has 0 radical (unpaired) electrons. The number of rotatable bonds is 2. The van der Waals surface area contributed by atoms with Crippen LogP contribution in [0.4, 0.5) is 14.5 Å². The summed E-state index contributed by atoms with van der Waals surface area (Å²) in [4.78, 5) is 14.6. The summed E-state index contributed by atoms with van der Waals surface area (Å²) in [5.41, 5.74) is 6.66.